The van der Waals surface area contributed by atoms with Crippen LogP contribution in [0.25, 0.3) is 0 Å². The van der Waals surface area contributed by atoms with Crippen molar-refractivity contribution in [3.8, 4) is 0 Å². The first-order chi connectivity index (χ1) is 4.85. The summed E-state index contributed by atoms with van der Waals surface area (Å²) in [5.74, 6) is 0. The molecule has 0 saturated heterocycles. The summed E-state index contributed by atoms with van der Waals surface area (Å²) >= 11 is 0. The Hall–Kier alpha value is -0.370. The normalized spacial score (nSPS) is 13.0. The average Bonchev–Trinajstić information content (AvgIpc) is 1.99. The standard InChI is InChI=1S/C8H15O2/c1-3-5-6-10-8(4-2)7-9/h8H,3-6H2,1-2H3. The molecule has 0 aliphatic heterocycles. The lowest BCUT2D eigenvalue weighted by molar-refractivity contribution is 0.0908. The summed E-state index contributed by atoms with van der Waals surface area (Å²) in [5, 5.41) is 0. The van der Waals surface area contributed by atoms with Crippen molar-refractivity contribution in [2.75, 3.05) is 6.61 Å². The van der Waals surface area contributed by atoms with Gasteiger partial charge in [0.1, 0.15) is 6.10 Å². The lowest BCUT2D eigenvalue weighted by atomic mass is 10.3. The van der Waals surface area contributed by atoms with Crippen LogP contribution in [0.2, 0.25) is 0 Å². The van der Waals surface area contributed by atoms with Crippen LogP contribution in [0.3, 0.4) is 0 Å². The van der Waals surface area contributed by atoms with Crippen LogP contribution in [-0.4, -0.2) is 19.0 Å². The van der Waals surface area contributed by atoms with Crippen LogP contribution in [0, 0.1) is 0 Å². The van der Waals surface area contributed by atoms with Gasteiger partial charge in [-0.2, -0.15) is 0 Å². The molecular weight excluding hydrogens is 128 g/mol. The summed E-state index contributed by atoms with van der Waals surface area (Å²) in [4.78, 5) is 10.1. The number of rotatable bonds is 6. The van der Waals surface area contributed by atoms with Crippen LogP contribution >= 0.6 is 0 Å². The predicted molar refractivity (Wildman–Crippen MR) is 40.6 cm³/mol. The fourth-order valence-corrected chi connectivity index (χ4v) is 0.605. The number of ether oxygens (including phenoxy) is 1. The van der Waals surface area contributed by atoms with E-state index < -0.39 is 0 Å². The smallest absolute Gasteiger partial charge is 0.229 e. The monoisotopic (exact) mass is 143 g/mol. The fraction of sp³-hybridized carbons (Fsp3) is 0.875. The Morgan fingerprint density at radius 1 is 1.50 bits per heavy atom. The first-order valence-corrected chi connectivity index (χ1v) is 3.84. The highest BCUT2D eigenvalue weighted by atomic mass is 16.5. The van der Waals surface area contributed by atoms with E-state index in [1.54, 1.807) is 0 Å². The van der Waals surface area contributed by atoms with E-state index in [1.165, 1.54) is 0 Å². The highest BCUT2D eigenvalue weighted by Gasteiger charge is 2.03. The second-order valence-electron chi connectivity index (χ2n) is 2.24. The average molecular weight is 143 g/mol. The maximum absolute atomic E-state index is 10.1. The van der Waals surface area contributed by atoms with Crippen LogP contribution in [0.5, 0.6) is 0 Å². The van der Waals surface area contributed by atoms with E-state index >= 15 is 0 Å². The maximum atomic E-state index is 10.1. The molecule has 2 heteroatoms. The van der Waals surface area contributed by atoms with Crippen molar-refractivity contribution in [3.05, 3.63) is 0 Å². The fourth-order valence-electron chi connectivity index (χ4n) is 0.605. The molecule has 0 aliphatic rings. The minimum absolute atomic E-state index is 0.299. The van der Waals surface area contributed by atoms with Gasteiger partial charge in [-0.1, -0.05) is 20.3 Å². The molecule has 0 rings (SSSR count). The maximum Gasteiger partial charge on any atom is 0.229 e. The summed E-state index contributed by atoms with van der Waals surface area (Å²) in [5.41, 5.74) is 0. The van der Waals surface area contributed by atoms with Gasteiger partial charge in [-0.05, 0) is 12.8 Å². The Balaban J connectivity index is 3.17. The van der Waals surface area contributed by atoms with Gasteiger partial charge >= 0.3 is 0 Å². The number of hydrogen-bond acceptors (Lipinski definition) is 2. The SMILES string of the molecule is CCCCOC([C]=O)CC. The molecule has 0 aromatic carbocycles. The zero-order chi connectivity index (χ0) is 7.82. The van der Waals surface area contributed by atoms with E-state index in [0.717, 1.165) is 19.3 Å². The van der Waals surface area contributed by atoms with Crippen molar-refractivity contribution < 1.29 is 9.53 Å². The molecule has 0 bridgehead atoms. The quantitative estimate of drug-likeness (QED) is 0.529. The molecule has 1 radical (unpaired) electrons. The second-order valence-corrected chi connectivity index (χ2v) is 2.24. The Bertz CT molecular complexity index is 81.3. The van der Waals surface area contributed by atoms with Gasteiger partial charge in [0.05, 0.1) is 0 Å². The highest BCUT2D eigenvalue weighted by molar-refractivity contribution is 5.56. The van der Waals surface area contributed by atoms with E-state index in [9.17, 15) is 4.79 Å². The molecule has 0 amide bonds. The van der Waals surface area contributed by atoms with E-state index in [-0.39, 0.29) is 6.10 Å². The molecule has 0 aromatic rings. The molecule has 0 aliphatic carbocycles. The largest absolute Gasteiger partial charge is 0.370 e. The summed E-state index contributed by atoms with van der Waals surface area (Å²) in [6, 6.07) is 0. The molecule has 0 heterocycles. The minimum atomic E-state index is -0.299. The number of carbonyl (C=O) groups excluding carboxylic acids is 1. The van der Waals surface area contributed by atoms with Crippen LogP contribution in [0.15, 0.2) is 0 Å². The van der Waals surface area contributed by atoms with Crippen molar-refractivity contribution in [1.29, 1.82) is 0 Å². The van der Waals surface area contributed by atoms with Gasteiger partial charge in [-0.25, -0.2) is 0 Å². The predicted octanol–water partition coefficient (Wildman–Crippen LogP) is 1.69. The van der Waals surface area contributed by atoms with E-state index in [2.05, 4.69) is 6.92 Å². The third-order valence-electron chi connectivity index (χ3n) is 1.32. The summed E-state index contributed by atoms with van der Waals surface area (Å²) in [6.45, 7) is 4.70. The molecule has 0 saturated carbocycles. The summed E-state index contributed by atoms with van der Waals surface area (Å²) < 4.78 is 5.16. The van der Waals surface area contributed by atoms with E-state index in [0.29, 0.717) is 6.61 Å². The molecule has 0 spiro atoms. The van der Waals surface area contributed by atoms with Crippen molar-refractivity contribution >= 4 is 6.29 Å². The van der Waals surface area contributed by atoms with Gasteiger partial charge in [0.2, 0.25) is 6.29 Å². The number of unbranched alkanes of at least 4 members (excludes halogenated alkanes) is 1. The molecule has 59 valence electrons. The van der Waals surface area contributed by atoms with Gasteiger partial charge in [0, 0.05) is 6.61 Å². The van der Waals surface area contributed by atoms with Crippen LogP contribution in [-0.2, 0) is 9.53 Å². The van der Waals surface area contributed by atoms with Gasteiger partial charge < -0.3 is 4.74 Å². The Morgan fingerprint density at radius 3 is 2.60 bits per heavy atom. The zero-order valence-corrected chi connectivity index (χ0v) is 6.72. The van der Waals surface area contributed by atoms with Gasteiger partial charge in [-0.3, -0.25) is 4.79 Å². The summed E-state index contributed by atoms with van der Waals surface area (Å²) in [6.07, 6.45) is 4.40. The Kier molecular flexibility index (Phi) is 6.50. The summed E-state index contributed by atoms with van der Waals surface area (Å²) in [7, 11) is 0. The van der Waals surface area contributed by atoms with Crippen molar-refractivity contribution in [2.45, 2.75) is 39.2 Å². The van der Waals surface area contributed by atoms with Crippen molar-refractivity contribution in [3.63, 3.8) is 0 Å². The molecule has 10 heavy (non-hydrogen) atoms. The third kappa shape index (κ3) is 4.50. The van der Waals surface area contributed by atoms with E-state index in [1.807, 2.05) is 13.2 Å². The molecule has 1 atom stereocenters. The third-order valence-corrected chi connectivity index (χ3v) is 1.32. The van der Waals surface area contributed by atoms with Crippen molar-refractivity contribution in [2.24, 2.45) is 0 Å². The minimum Gasteiger partial charge on any atom is -0.370 e. The Morgan fingerprint density at radius 2 is 2.20 bits per heavy atom. The van der Waals surface area contributed by atoms with Crippen LogP contribution in [0.4, 0.5) is 0 Å². The number of hydrogen-bond donors (Lipinski definition) is 0. The van der Waals surface area contributed by atoms with Crippen LogP contribution in [0.1, 0.15) is 33.1 Å². The molecule has 0 N–H and O–H groups in total. The second kappa shape index (κ2) is 6.75. The first kappa shape index (κ1) is 9.63. The molecule has 0 fully saturated rings. The lowest BCUT2D eigenvalue weighted by Gasteiger charge is -2.06. The molecular formula is C8H15O2. The van der Waals surface area contributed by atoms with Crippen LogP contribution < -0.4 is 0 Å². The highest BCUT2D eigenvalue weighted by Crippen LogP contribution is 1.96. The zero-order valence-electron chi connectivity index (χ0n) is 6.72. The molecule has 0 aromatic heterocycles. The lowest BCUT2D eigenvalue weighted by Crippen LogP contribution is -2.13. The van der Waals surface area contributed by atoms with Gasteiger partial charge in [0.25, 0.3) is 0 Å². The van der Waals surface area contributed by atoms with Gasteiger partial charge in [-0.15, -0.1) is 0 Å². The Labute approximate surface area is 62.6 Å². The van der Waals surface area contributed by atoms with E-state index in [4.69, 9.17) is 4.74 Å². The molecule has 1 unspecified atom stereocenters. The first-order valence-electron chi connectivity index (χ1n) is 3.84. The molecule has 2 nitrogen and oxygen atoms in total. The van der Waals surface area contributed by atoms with Crippen molar-refractivity contribution in [1.82, 2.24) is 0 Å². The van der Waals surface area contributed by atoms with Gasteiger partial charge in [0.15, 0.2) is 0 Å². The topological polar surface area (TPSA) is 26.3 Å².